The molecule has 0 aliphatic rings. The molecule has 0 saturated heterocycles. The number of ether oxygens (including phenoxy) is 3. The molecule has 0 bridgehead atoms. The van der Waals surface area contributed by atoms with E-state index in [1.54, 1.807) is 25.1 Å². The Morgan fingerprint density at radius 3 is 2.41 bits per heavy atom. The number of halogens is 2. The molecule has 2 aromatic rings. The number of carbonyl (C=O) groups excluding carboxylic acids is 2. The minimum Gasteiger partial charge on any atom is -0.497 e. The molecule has 27 heavy (non-hydrogen) atoms. The highest BCUT2D eigenvalue weighted by atomic mass is 19.2. The fraction of sp³-hybridized carbons (Fsp3) is 0.263. The molecule has 0 heterocycles. The van der Waals surface area contributed by atoms with Gasteiger partial charge in [0.25, 0.3) is 5.91 Å². The molecule has 1 atom stereocenters. The average molecular weight is 379 g/mol. The van der Waals surface area contributed by atoms with Gasteiger partial charge in [-0.2, -0.15) is 0 Å². The van der Waals surface area contributed by atoms with Gasteiger partial charge in [-0.3, -0.25) is 4.79 Å². The molecular weight excluding hydrogens is 360 g/mol. The van der Waals surface area contributed by atoms with Crippen LogP contribution in [0, 0.1) is 11.6 Å². The first-order valence-electron chi connectivity index (χ1n) is 7.99. The van der Waals surface area contributed by atoms with Gasteiger partial charge in [-0.05, 0) is 43.3 Å². The summed E-state index contributed by atoms with van der Waals surface area (Å²) in [6, 6.07) is 7.28. The van der Waals surface area contributed by atoms with E-state index in [4.69, 9.17) is 14.2 Å². The highest BCUT2D eigenvalue weighted by Crippen LogP contribution is 2.29. The van der Waals surface area contributed by atoms with E-state index in [1.165, 1.54) is 14.2 Å². The minimum absolute atomic E-state index is 0.191. The van der Waals surface area contributed by atoms with Crippen LogP contribution in [-0.2, 0) is 9.53 Å². The molecule has 0 saturated carbocycles. The van der Waals surface area contributed by atoms with Crippen molar-refractivity contribution in [3.8, 4) is 11.5 Å². The zero-order valence-corrected chi connectivity index (χ0v) is 15.0. The van der Waals surface area contributed by atoms with Crippen molar-refractivity contribution in [2.24, 2.45) is 0 Å². The molecule has 2 rings (SSSR count). The lowest BCUT2D eigenvalue weighted by atomic mass is 10.1. The molecule has 8 heteroatoms. The predicted molar refractivity (Wildman–Crippen MR) is 92.7 cm³/mol. The third-order valence-corrected chi connectivity index (χ3v) is 3.77. The molecule has 6 nitrogen and oxygen atoms in total. The van der Waals surface area contributed by atoms with Crippen LogP contribution < -0.4 is 14.8 Å². The predicted octanol–water partition coefficient (Wildman–Crippen LogP) is 3.02. The zero-order chi connectivity index (χ0) is 20.0. The second-order valence-electron chi connectivity index (χ2n) is 5.60. The van der Waals surface area contributed by atoms with Gasteiger partial charge in [0.15, 0.2) is 18.2 Å². The van der Waals surface area contributed by atoms with Gasteiger partial charge < -0.3 is 19.5 Å². The molecule has 0 radical (unpaired) electrons. The Labute approximate surface area is 155 Å². The number of nitrogens with one attached hydrogen (secondary N) is 1. The van der Waals surface area contributed by atoms with Crippen molar-refractivity contribution in [3.05, 3.63) is 59.2 Å². The maximum atomic E-state index is 13.1. The number of esters is 1. The van der Waals surface area contributed by atoms with E-state index in [-0.39, 0.29) is 5.56 Å². The summed E-state index contributed by atoms with van der Waals surface area (Å²) >= 11 is 0. The van der Waals surface area contributed by atoms with Gasteiger partial charge in [-0.25, -0.2) is 13.6 Å². The topological polar surface area (TPSA) is 73.9 Å². The number of benzene rings is 2. The van der Waals surface area contributed by atoms with Crippen molar-refractivity contribution in [3.63, 3.8) is 0 Å². The fourth-order valence-electron chi connectivity index (χ4n) is 2.38. The maximum absolute atomic E-state index is 13.1. The Morgan fingerprint density at radius 1 is 1.04 bits per heavy atom. The monoisotopic (exact) mass is 379 g/mol. The molecule has 0 fully saturated rings. The quantitative estimate of drug-likeness (QED) is 0.749. The molecule has 0 aromatic heterocycles. The molecule has 0 aliphatic heterocycles. The summed E-state index contributed by atoms with van der Waals surface area (Å²) in [5, 5.41) is 2.66. The zero-order valence-electron chi connectivity index (χ0n) is 15.0. The Kier molecular flexibility index (Phi) is 6.70. The van der Waals surface area contributed by atoms with Gasteiger partial charge in [0.1, 0.15) is 11.5 Å². The Bertz CT molecular complexity index is 841. The summed E-state index contributed by atoms with van der Waals surface area (Å²) in [6.07, 6.45) is 0. The van der Waals surface area contributed by atoms with Gasteiger partial charge in [-0.1, -0.05) is 0 Å². The van der Waals surface area contributed by atoms with Crippen molar-refractivity contribution >= 4 is 11.9 Å². The van der Waals surface area contributed by atoms with Crippen LogP contribution in [0.15, 0.2) is 36.4 Å². The van der Waals surface area contributed by atoms with E-state index in [2.05, 4.69) is 5.32 Å². The summed E-state index contributed by atoms with van der Waals surface area (Å²) in [7, 11) is 3.02. The summed E-state index contributed by atoms with van der Waals surface area (Å²) in [5.74, 6) is -2.60. The number of amides is 1. The van der Waals surface area contributed by atoms with Gasteiger partial charge in [-0.15, -0.1) is 0 Å². The lowest BCUT2D eigenvalue weighted by Gasteiger charge is -2.18. The standard InChI is InChI=1S/C19H19F2NO5/c1-11(14-9-13(25-2)5-7-17(14)26-3)22-18(23)10-27-19(24)12-4-6-15(20)16(21)8-12/h4-9,11H,10H2,1-3H3,(H,22,23). The SMILES string of the molecule is COc1ccc(OC)c(C(C)NC(=O)COC(=O)c2ccc(F)c(F)c2)c1. The minimum atomic E-state index is -1.17. The number of rotatable bonds is 7. The Balaban J connectivity index is 1.97. The van der Waals surface area contributed by atoms with Gasteiger partial charge >= 0.3 is 5.97 Å². The number of hydrogen-bond acceptors (Lipinski definition) is 5. The largest absolute Gasteiger partial charge is 0.497 e. The smallest absolute Gasteiger partial charge is 0.338 e. The number of hydrogen-bond donors (Lipinski definition) is 1. The molecule has 1 N–H and O–H groups in total. The first-order chi connectivity index (χ1) is 12.8. The summed E-state index contributed by atoms with van der Waals surface area (Å²) < 4.78 is 41.3. The maximum Gasteiger partial charge on any atom is 0.338 e. The first kappa shape index (κ1) is 20.2. The molecule has 1 amide bonds. The Hall–Kier alpha value is -3.16. The van der Waals surface area contributed by atoms with E-state index >= 15 is 0 Å². The second-order valence-corrected chi connectivity index (χ2v) is 5.60. The normalized spacial score (nSPS) is 11.4. The average Bonchev–Trinajstić information content (AvgIpc) is 2.67. The van der Waals surface area contributed by atoms with Crippen molar-refractivity contribution in [2.45, 2.75) is 13.0 Å². The molecular formula is C19H19F2NO5. The summed E-state index contributed by atoms with van der Waals surface area (Å²) in [6.45, 7) is 1.15. The van der Waals surface area contributed by atoms with E-state index in [9.17, 15) is 18.4 Å². The van der Waals surface area contributed by atoms with E-state index in [0.717, 1.165) is 12.1 Å². The van der Waals surface area contributed by atoms with Crippen molar-refractivity contribution in [1.82, 2.24) is 5.32 Å². The number of carbonyl (C=O) groups is 2. The summed E-state index contributed by atoms with van der Waals surface area (Å²) in [5.41, 5.74) is 0.487. The highest BCUT2D eigenvalue weighted by Gasteiger charge is 2.17. The second kappa shape index (κ2) is 8.98. The number of methoxy groups -OCH3 is 2. The first-order valence-corrected chi connectivity index (χ1v) is 7.99. The third-order valence-electron chi connectivity index (χ3n) is 3.77. The molecule has 144 valence electrons. The van der Waals surface area contributed by atoms with Gasteiger partial charge in [0.05, 0.1) is 25.8 Å². The van der Waals surface area contributed by atoms with Crippen LogP contribution in [0.4, 0.5) is 8.78 Å². The van der Waals surface area contributed by atoms with Crippen LogP contribution in [0.5, 0.6) is 11.5 Å². The van der Waals surface area contributed by atoms with Crippen LogP contribution >= 0.6 is 0 Å². The highest BCUT2D eigenvalue weighted by molar-refractivity contribution is 5.91. The van der Waals surface area contributed by atoms with E-state index in [0.29, 0.717) is 23.1 Å². The van der Waals surface area contributed by atoms with Crippen LogP contribution in [0.1, 0.15) is 28.9 Å². The molecule has 0 spiro atoms. The van der Waals surface area contributed by atoms with Crippen LogP contribution in [0.3, 0.4) is 0 Å². The van der Waals surface area contributed by atoms with Crippen LogP contribution in [-0.4, -0.2) is 32.7 Å². The lowest BCUT2D eigenvalue weighted by Crippen LogP contribution is -2.31. The van der Waals surface area contributed by atoms with Crippen LogP contribution in [0.2, 0.25) is 0 Å². The molecule has 1 unspecified atom stereocenters. The van der Waals surface area contributed by atoms with E-state index < -0.39 is 36.2 Å². The summed E-state index contributed by atoms with van der Waals surface area (Å²) in [4.78, 5) is 23.9. The van der Waals surface area contributed by atoms with Crippen LogP contribution in [0.25, 0.3) is 0 Å². The van der Waals surface area contributed by atoms with Crippen molar-refractivity contribution in [2.75, 3.05) is 20.8 Å². The lowest BCUT2D eigenvalue weighted by molar-refractivity contribution is -0.124. The molecule has 0 aliphatic carbocycles. The van der Waals surface area contributed by atoms with E-state index in [1.807, 2.05) is 0 Å². The van der Waals surface area contributed by atoms with Crippen molar-refractivity contribution in [1.29, 1.82) is 0 Å². The molecule has 2 aromatic carbocycles. The van der Waals surface area contributed by atoms with Crippen molar-refractivity contribution < 1.29 is 32.6 Å². The van der Waals surface area contributed by atoms with Gasteiger partial charge in [0, 0.05) is 5.56 Å². The van der Waals surface area contributed by atoms with Gasteiger partial charge in [0.2, 0.25) is 0 Å². The fourth-order valence-corrected chi connectivity index (χ4v) is 2.38. The third kappa shape index (κ3) is 5.16. The Morgan fingerprint density at radius 2 is 1.78 bits per heavy atom.